The molecule has 35 heavy (non-hydrogen) atoms. The Bertz CT molecular complexity index is 1050. The topological polar surface area (TPSA) is 123 Å². The van der Waals surface area contributed by atoms with Crippen LogP contribution in [0.15, 0.2) is 48.5 Å². The van der Waals surface area contributed by atoms with Crippen LogP contribution in [0.25, 0.3) is 0 Å². The first-order valence-corrected chi connectivity index (χ1v) is 11.5. The highest BCUT2D eigenvalue weighted by Gasteiger charge is 2.26. The van der Waals surface area contributed by atoms with E-state index in [0.717, 1.165) is 0 Å². The van der Waals surface area contributed by atoms with E-state index in [0.29, 0.717) is 42.4 Å². The Hall–Kier alpha value is -3.76. The Morgan fingerprint density at radius 1 is 0.686 bits per heavy atom. The summed E-state index contributed by atoms with van der Waals surface area (Å²) in [5.41, 5.74) is 2.67. The van der Waals surface area contributed by atoms with E-state index in [1.807, 2.05) is 6.92 Å². The molecular formula is C25H32N6O4. The van der Waals surface area contributed by atoms with Gasteiger partial charge in [0.25, 0.3) is 0 Å². The van der Waals surface area contributed by atoms with Crippen LogP contribution in [0.3, 0.4) is 0 Å². The molecule has 186 valence electrons. The van der Waals surface area contributed by atoms with Crippen LogP contribution in [0.4, 0.5) is 22.7 Å². The first-order chi connectivity index (χ1) is 16.7. The molecule has 0 radical (unpaired) electrons. The molecule has 0 bridgehead atoms. The van der Waals surface area contributed by atoms with Crippen LogP contribution in [0.1, 0.15) is 20.8 Å². The number of amides is 4. The van der Waals surface area contributed by atoms with Crippen LogP contribution in [-0.4, -0.2) is 72.2 Å². The van der Waals surface area contributed by atoms with Crippen molar-refractivity contribution in [3.05, 3.63) is 48.5 Å². The minimum absolute atomic E-state index is 0.112. The summed E-state index contributed by atoms with van der Waals surface area (Å²) in [7, 11) is 0. The number of piperazine rings is 1. The molecule has 10 heteroatoms. The first kappa shape index (κ1) is 25.9. The van der Waals surface area contributed by atoms with Crippen LogP contribution in [0.2, 0.25) is 0 Å². The Morgan fingerprint density at radius 3 is 1.49 bits per heavy atom. The summed E-state index contributed by atoms with van der Waals surface area (Å²) in [6.45, 7) is 7.48. The van der Waals surface area contributed by atoms with Crippen LogP contribution in [0.5, 0.6) is 0 Å². The molecule has 3 rings (SSSR count). The Kier molecular flexibility index (Phi) is 8.93. The summed E-state index contributed by atoms with van der Waals surface area (Å²) in [5, 5.41) is 11.1. The summed E-state index contributed by atoms with van der Waals surface area (Å²) in [4.78, 5) is 51.4. The van der Waals surface area contributed by atoms with Gasteiger partial charge in [0.15, 0.2) is 0 Å². The third-order valence-corrected chi connectivity index (χ3v) is 5.54. The molecule has 0 spiro atoms. The van der Waals surface area contributed by atoms with Gasteiger partial charge in [0.2, 0.25) is 23.6 Å². The smallest absolute Gasteiger partial charge is 0.238 e. The van der Waals surface area contributed by atoms with Gasteiger partial charge in [0.1, 0.15) is 0 Å². The van der Waals surface area contributed by atoms with E-state index in [-0.39, 0.29) is 42.8 Å². The minimum atomic E-state index is -0.148. The van der Waals surface area contributed by atoms with Crippen LogP contribution in [-0.2, 0) is 19.2 Å². The standard InChI is InChI=1S/C25H32N6O4/c1-17-14-30(15-24(34)28-22-8-4-20(5-9-22)26-18(2)32)12-13-31(17)16-25(35)29-23-10-6-21(7-11-23)27-19(3)33/h4-11,17H,12-16H2,1-3H3,(H,26,32)(H,27,33)(H,28,34)(H,29,35). The first-order valence-electron chi connectivity index (χ1n) is 11.5. The Balaban J connectivity index is 1.41. The lowest BCUT2D eigenvalue weighted by atomic mass is 10.2. The summed E-state index contributed by atoms with van der Waals surface area (Å²) < 4.78 is 0. The highest BCUT2D eigenvalue weighted by Crippen LogP contribution is 2.16. The van der Waals surface area contributed by atoms with Crippen molar-refractivity contribution < 1.29 is 19.2 Å². The molecule has 4 amide bonds. The van der Waals surface area contributed by atoms with E-state index in [4.69, 9.17) is 0 Å². The van der Waals surface area contributed by atoms with Crippen LogP contribution >= 0.6 is 0 Å². The number of benzene rings is 2. The van der Waals surface area contributed by atoms with Crippen molar-refractivity contribution in [2.45, 2.75) is 26.8 Å². The third kappa shape index (κ3) is 8.51. The number of nitrogens with one attached hydrogen (secondary N) is 4. The molecule has 2 aromatic carbocycles. The monoisotopic (exact) mass is 480 g/mol. The lowest BCUT2D eigenvalue weighted by molar-refractivity contribution is -0.120. The second kappa shape index (κ2) is 12.1. The van der Waals surface area contributed by atoms with Gasteiger partial charge in [0, 0.05) is 62.3 Å². The Labute approximate surface area is 205 Å². The van der Waals surface area contributed by atoms with Crippen molar-refractivity contribution in [1.29, 1.82) is 0 Å². The lowest BCUT2D eigenvalue weighted by Crippen LogP contribution is -2.54. The van der Waals surface area contributed by atoms with Crippen molar-refractivity contribution in [3.63, 3.8) is 0 Å². The molecule has 2 aromatic rings. The molecule has 0 aromatic heterocycles. The maximum atomic E-state index is 12.5. The molecular weight excluding hydrogens is 448 g/mol. The molecule has 4 N–H and O–H groups in total. The van der Waals surface area contributed by atoms with Gasteiger partial charge in [-0.25, -0.2) is 0 Å². The quantitative estimate of drug-likeness (QED) is 0.459. The van der Waals surface area contributed by atoms with Crippen molar-refractivity contribution in [2.75, 3.05) is 54.0 Å². The van der Waals surface area contributed by atoms with Crippen molar-refractivity contribution in [1.82, 2.24) is 9.80 Å². The average molecular weight is 481 g/mol. The zero-order chi connectivity index (χ0) is 25.4. The molecule has 1 saturated heterocycles. The molecule has 1 aliphatic heterocycles. The number of hydrogen-bond donors (Lipinski definition) is 4. The van der Waals surface area contributed by atoms with E-state index in [9.17, 15) is 19.2 Å². The predicted octanol–water partition coefficient (Wildman–Crippen LogP) is 2.19. The second-order valence-electron chi connectivity index (χ2n) is 8.67. The highest BCUT2D eigenvalue weighted by atomic mass is 16.2. The number of carbonyl (C=O) groups excluding carboxylic acids is 4. The van der Waals surface area contributed by atoms with Crippen LogP contribution in [0, 0.1) is 0 Å². The summed E-state index contributed by atoms with van der Waals surface area (Å²) in [6.07, 6.45) is 0. The van der Waals surface area contributed by atoms with Crippen molar-refractivity contribution in [3.8, 4) is 0 Å². The summed E-state index contributed by atoms with van der Waals surface area (Å²) >= 11 is 0. The maximum absolute atomic E-state index is 12.5. The normalized spacial score (nSPS) is 16.3. The minimum Gasteiger partial charge on any atom is -0.326 e. The SMILES string of the molecule is CC(=O)Nc1ccc(NC(=O)CN2CCN(CC(=O)Nc3ccc(NC(C)=O)cc3)C(C)C2)cc1. The molecule has 0 aliphatic carbocycles. The highest BCUT2D eigenvalue weighted by molar-refractivity contribution is 5.94. The van der Waals surface area contributed by atoms with Crippen molar-refractivity contribution in [2.24, 2.45) is 0 Å². The number of hydrogen-bond acceptors (Lipinski definition) is 6. The molecule has 10 nitrogen and oxygen atoms in total. The maximum Gasteiger partial charge on any atom is 0.238 e. The van der Waals surface area contributed by atoms with Gasteiger partial charge in [-0.1, -0.05) is 0 Å². The van der Waals surface area contributed by atoms with E-state index in [2.05, 4.69) is 31.1 Å². The Morgan fingerprint density at radius 2 is 1.09 bits per heavy atom. The van der Waals surface area contributed by atoms with Gasteiger partial charge in [0.05, 0.1) is 13.1 Å². The fourth-order valence-corrected chi connectivity index (χ4v) is 3.92. The zero-order valence-corrected chi connectivity index (χ0v) is 20.3. The van der Waals surface area contributed by atoms with Crippen LogP contribution < -0.4 is 21.3 Å². The molecule has 1 aliphatic rings. The largest absolute Gasteiger partial charge is 0.326 e. The lowest BCUT2D eigenvalue weighted by Gasteiger charge is -2.39. The van der Waals surface area contributed by atoms with Gasteiger partial charge >= 0.3 is 0 Å². The average Bonchev–Trinajstić information content (AvgIpc) is 2.77. The summed E-state index contributed by atoms with van der Waals surface area (Å²) in [6, 6.07) is 14.0. The fourth-order valence-electron chi connectivity index (χ4n) is 3.92. The third-order valence-electron chi connectivity index (χ3n) is 5.54. The number of carbonyl (C=O) groups is 4. The van der Waals surface area contributed by atoms with Gasteiger partial charge in [-0.2, -0.15) is 0 Å². The van der Waals surface area contributed by atoms with Gasteiger partial charge < -0.3 is 21.3 Å². The number of anilines is 4. The predicted molar refractivity (Wildman–Crippen MR) is 136 cm³/mol. The molecule has 1 unspecified atom stereocenters. The van der Waals surface area contributed by atoms with Gasteiger partial charge in [-0.3, -0.25) is 29.0 Å². The number of nitrogens with zero attached hydrogens (tertiary/aromatic N) is 2. The molecule has 1 atom stereocenters. The van der Waals surface area contributed by atoms with E-state index in [1.165, 1.54) is 13.8 Å². The van der Waals surface area contributed by atoms with Gasteiger partial charge in [-0.05, 0) is 55.5 Å². The molecule has 1 fully saturated rings. The molecule has 0 saturated carbocycles. The van der Waals surface area contributed by atoms with Crippen molar-refractivity contribution >= 4 is 46.4 Å². The molecule has 1 heterocycles. The zero-order valence-electron chi connectivity index (χ0n) is 20.3. The number of rotatable bonds is 8. The second-order valence-corrected chi connectivity index (χ2v) is 8.67. The summed E-state index contributed by atoms with van der Waals surface area (Å²) in [5.74, 6) is -0.522. The van der Waals surface area contributed by atoms with E-state index in [1.54, 1.807) is 48.5 Å². The van der Waals surface area contributed by atoms with E-state index < -0.39 is 0 Å². The van der Waals surface area contributed by atoms with E-state index >= 15 is 0 Å². The van der Waals surface area contributed by atoms with Gasteiger partial charge in [-0.15, -0.1) is 0 Å². The fraction of sp³-hybridized carbons (Fsp3) is 0.360.